The SMILES string of the molecule is OC1CCN(Cc2ccc3c(c2)CN(Cc2ccco2)CCO3)CC1. The van der Waals surface area contributed by atoms with Gasteiger partial charge in [0.1, 0.15) is 18.1 Å². The molecule has 134 valence electrons. The molecule has 25 heavy (non-hydrogen) atoms. The first-order valence-corrected chi connectivity index (χ1v) is 9.16. The minimum atomic E-state index is -0.119. The van der Waals surface area contributed by atoms with Gasteiger partial charge < -0.3 is 14.3 Å². The molecule has 0 radical (unpaired) electrons. The van der Waals surface area contributed by atoms with Gasteiger partial charge in [0.25, 0.3) is 0 Å². The number of fused-ring (bicyclic) bond motifs is 1. The fraction of sp³-hybridized carbons (Fsp3) is 0.500. The molecule has 0 saturated carbocycles. The molecule has 1 aromatic heterocycles. The summed E-state index contributed by atoms with van der Waals surface area (Å²) in [5.74, 6) is 1.99. The summed E-state index contributed by atoms with van der Waals surface area (Å²) in [4.78, 5) is 4.79. The Bertz CT molecular complexity index is 678. The summed E-state index contributed by atoms with van der Waals surface area (Å²) < 4.78 is 11.4. The molecule has 4 rings (SSSR count). The maximum Gasteiger partial charge on any atom is 0.123 e. The Morgan fingerprint density at radius 1 is 1.04 bits per heavy atom. The number of aliphatic hydroxyl groups is 1. The van der Waals surface area contributed by atoms with Gasteiger partial charge in [0.2, 0.25) is 0 Å². The summed E-state index contributed by atoms with van der Waals surface area (Å²) in [6.07, 6.45) is 3.37. The molecular formula is C20H26N2O3. The Labute approximate surface area is 148 Å². The van der Waals surface area contributed by atoms with E-state index in [9.17, 15) is 5.11 Å². The lowest BCUT2D eigenvalue weighted by Gasteiger charge is -2.29. The third-order valence-electron chi connectivity index (χ3n) is 5.11. The molecule has 0 unspecified atom stereocenters. The van der Waals surface area contributed by atoms with Gasteiger partial charge in [0.15, 0.2) is 0 Å². The highest BCUT2D eigenvalue weighted by molar-refractivity contribution is 5.38. The number of aliphatic hydroxyl groups excluding tert-OH is 1. The van der Waals surface area contributed by atoms with E-state index in [0.29, 0.717) is 6.61 Å². The van der Waals surface area contributed by atoms with Crippen molar-refractivity contribution in [1.29, 1.82) is 0 Å². The molecule has 3 heterocycles. The summed E-state index contributed by atoms with van der Waals surface area (Å²) in [6, 6.07) is 10.5. The first-order valence-electron chi connectivity index (χ1n) is 9.16. The summed E-state index contributed by atoms with van der Waals surface area (Å²) >= 11 is 0. The minimum Gasteiger partial charge on any atom is -0.492 e. The molecule has 0 amide bonds. The number of ether oxygens (including phenoxy) is 1. The molecule has 2 aromatic rings. The van der Waals surface area contributed by atoms with Crippen LogP contribution < -0.4 is 4.74 Å². The molecule has 5 heteroatoms. The van der Waals surface area contributed by atoms with Crippen LogP contribution in [-0.2, 0) is 19.6 Å². The fourth-order valence-corrected chi connectivity index (χ4v) is 3.69. The molecule has 0 aliphatic carbocycles. The van der Waals surface area contributed by atoms with E-state index in [0.717, 1.165) is 63.6 Å². The number of piperidine rings is 1. The molecule has 1 aromatic carbocycles. The number of likely N-dealkylation sites (tertiary alicyclic amines) is 1. The highest BCUT2D eigenvalue weighted by Crippen LogP contribution is 2.26. The van der Waals surface area contributed by atoms with Gasteiger partial charge in [-0.15, -0.1) is 0 Å². The summed E-state index contributed by atoms with van der Waals surface area (Å²) in [5.41, 5.74) is 2.57. The lowest BCUT2D eigenvalue weighted by Crippen LogP contribution is -2.35. The largest absolute Gasteiger partial charge is 0.492 e. The molecule has 1 N–H and O–H groups in total. The van der Waals surface area contributed by atoms with Gasteiger partial charge in [-0.1, -0.05) is 6.07 Å². The Kier molecular flexibility index (Phi) is 5.06. The van der Waals surface area contributed by atoms with Crippen molar-refractivity contribution in [1.82, 2.24) is 9.80 Å². The lowest BCUT2D eigenvalue weighted by atomic mass is 10.1. The second-order valence-corrected chi connectivity index (χ2v) is 7.09. The van der Waals surface area contributed by atoms with Crippen LogP contribution in [0.4, 0.5) is 0 Å². The third kappa shape index (κ3) is 4.24. The molecule has 1 fully saturated rings. The average Bonchev–Trinajstić information content (AvgIpc) is 3.03. The average molecular weight is 342 g/mol. The summed E-state index contributed by atoms with van der Waals surface area (Å²) in [7, 11) is 0. The Morgan fingerprint density at radius 3 is 2.72 bits per heavy atom. The van der Waals surface area contributed by atoms with Gasteiger partial charge >= 0.3 is 0 Å². The Hall–Kier alpha value is -1.82. The standard InChI is InChI=1S/C20H26N2O3/c23-18-5-7-21(8-6-18)13-16-3-4-20-17(12-16)14-22(9-11-25-20)15-19-2-1-10-24-19/h1-4,10,12,18,23H,5-9,11,13-15H2. The summed E-state index contributed by atoms with van der Waals surface area (Å²) in [6.45, 7) is 6.18. The van der Waals surface area contributed by atoms with Crippen molar-refractivity contribution in [2.45, 2.75) is 38.6 Å². The molecule has 0 atom stereocenters. The van der Waals surface area contributed by atoms with Crippen LogP contribution in [0.5, 0.6) is 5.75 Å². The van der Waals surface area contributed by atoms with Crippen LogP contribution in [0.25, 0.3) is 0 Å². The topological polar surface area (TPSA) is 49.1 Å². The molecule has 0 bridgehead atoms. The normalized spacial score (nSPS) is 20.0. The van der Waals surface area contributed by atoms with Crippen LogP contribution >= 0.6 is 0 Å². The number of rotatable bonds is 4. The van der Waals surface area contributed by atoms with Crippen LogP contribution in [0.2, 0.25) is 0 Å². The van der Waals surface area contributed by atoms with Crippen LogP contribution in [0, 0.1) is 0 Å². The monoisotopic (exact) mass is 342 g/mol. The van der Waals surface area contributed by atoms with Crippen molar-refractivity contribution in [3.63, 3.8) is 0 Å². The smallest absolute Gasteiger partial charge is 0.123 e. The maximum absolute atomic E-state index is 9.66. The molecular weight excluding hydrogens is 316 g/mol. The number of furan rings is 1. The quantitative estimate of drug-likeness (QED) is 0.926. The predicted octanol–water partition coefficient (Wildman–Crippen LogP) is 2.63. The van der Waals surface area contributed by atoms with Gasteiger partial charge in [-0.3, -0.25) is 9.80 Å². The predicted molar refractivity (Wildman–Crippen MR) is 95.3 cm³/mol. The number of nitrogens with zero attached hydrogens (tertiary/aromatic N) is 2. The molecule has 1 saturated heterocycles. The molecule has 5 nitrogen and oxygen atoms in total. The lowest BCUT2D eigenvalue weighted by molar-refractivity contribution is 0.0792. The van der Waals surface area contributed by atoms with Crippen molar-refractivity contribution in [3.05, 3.63) is 53.5 Å². The molecule has 2 aliphatic rings. The fourth-order valence-electron chi connectivity index (χ4n) is 3.69. The van der Waals surface area contributed by atoms with Gasteiger partial charge in [0.05, 0.1) is 18.9 Å². The zero-order valence-corrected chi connectivity index (χ0v) is 14.6. The number of hydrogen-bond acceptors (Lipinski definition) is 5. The van der Waals surface area contributed by atoms with E-state index in [2.05, 4.69) is 28.0 Å². The minimum absolute atomic E-state index is 0.119. The second kappa shape index (κ2) is 7.60. The van der Waals surface area contributed by atoms with Crippen molar-refractivity contribution in [3.8, 4) is 5.75 Å². The van der Waals surface area contributed by atoms with E-state index >= 15 is 0 Å². The van der Waals surface area contributed by atoms with Gasteiger partial charge in [-0.2, -0.15) is 0 Å². The van der Waals surface area contributed by atoms with E-state index in [4.69, 9.17) is 9.15 Å². The van der Waals surface area contributed by atoms with Gasteiger partial charge in [-0.25, -0.2) is 0 Å². The van der Waals surface area contributed by atoms with Crippen molar-refractivity contribution in [2.24, 2.45) is 0 Å². The van der Waals surface area contributed by atoms with Crippen molar-refractivity contribution in [2.75, 3.05) is 26.2 Å². The van der Waals surface area contributed by atoms with Gasteiger partial charge in [0, 0.05) is 38.3 Å². The van der Waals surface area contributed by atoms with E-state index in [-0.39, 0.29) is 6.10 Å². The molecule has 2 aliphatic heterocycles. The highest BCUT2D eigenvalue weighted by Gasteiger charge is 2.19. The van der Waals surface area contributed by atoms with Crippen LogP contribution in [0.3, 0.4) is 0 Å². The zero-order valence-electron chi connectivity index (χ0n) is 14.6. The number of hydrogen-bond donors (Lipinski definition) is 1. The first kappa shape index (κ1) is 16.6. The third-order valence-corrected chi connectivity index (χ3v) is 5.11. The summed E-state index contributed by atoms with van der Waals surface area (Å²) in [5, 5.41) is 9.66. The maximum atomic E-state index is 9.66. The van der Waals surface area contributed by atoms with Crippen LogP contribution in [-0.4, -0.2) is 47.3 Å². The van der Waals surface area contributed by atoms with Crippen molar-refractivity contribution < 1.29 is 14.3 Å². The van der Waals surface area contributed by atoms with Crippen LogP contribution in [0.15, 0.2) is 41.0 Å². The van der Waals surface area contributed by atoms with E-state index in [1.54, 1.807) is 6.26 Å². The Balaban J connectivity index is 1.44. The van der Waals surface area contributed by atoms with Gasteiger partial charge in [-0.05, 0) is 42.7 Å². The zero-order chi connectivity index (χ0) is 17.1. The molecule has 0 spiro atoms. The second-order valence-electron chi connectivity index (χ2n) is 7.09. The highest BCUT2D eigenvalue weighted by atomic mass is 16.5. The van der Waals surface area contributed by atoms with Crippen LogP contribution in [0.1, 0.15) is 29.7 Å². The Morgan fingerprint density at radius 2 is 1.92 bits per heavy atom. The first-order chi connectivity index (χ1) is 12.3. The van der Waals surface area contributed by atoms with E-state index < -0.39 is 0 Å². The van der Waals surface area contributed by atoms with E-state index in [1.165, 1.54) is 11.1 Å². The van der Waals surface area contributed by atoms with Crippen molar-refractivity contribution >= 4 is 0 Å². The van der Waals surface area contributed by atoms with E-state index in [1.807, 2.05) is 12.1 Å². The number of benzene rings is 1.